The van der Waals surface area contributed by atoms with Gasteiger partial charge in [0.15, 0.2) is 11.5 Å². The Morgan fingerprint density at radius 3 is 2.62 bits per heavy atom. The number of hydrogen-bond acceptors (Lipinski definition) is 4. The van der Waals surface area contributed by atoms with Crippen molar-refractivity contribution >= 4 is 0 Å². The highest BCUT2D eigenvalue weighted by molar-refractivity contribution is 5.50. The van der Waals surface area contributed by atoms with Gasteiger partial charge in [0.1, 0.15) is 0 Å². The van der Waals surface area contributed by atoms with Gasteiger partial charge in [0, 0.05) is 11.6 Å². The monoisotopic (exact) mass is 396 g/mol. The van der Waals surface area contributed by atoms with Crippen molar-refractivity contribution in [2.24, 2.45) is 0 Å². The maximum Gasteiger partial charge on any atom is 0.160 e. The predicted octanol–water partition coefficient (Wildman–Crippen LogP) is 4.28. The van der Waals surface area contributed by atoms with Gasteiger partial charge in [-0.25, -0.2) is 0 Å². The fraction of sp³-hybridized carbons (Fsp3) is 0.520. The van der Waals surface area contributed by atoms with E-state index in [2.05, 4.69) is 47.5 Å². The predicted molar refractivity (Wildman–Crippen MR) is 120 cm³/mol. The van der Waals surface area contributed by atoms with Crippen LogP contribution in [0.5, 0.6) is 11.5 Å². The van der Waals surface area contributed by atoms with Gasteiger partial charge in [-0.15, -0.1) is 0 Å². The van der Waals surface area contributed by atoms with Gasteiger partial charge in [0.05, 0.1) is 0 Å². The average Bonchev–Trinajstić information content (AvgIpc) is 2.75. The van der Waals surface area contributed by atoms with Crippen LogP contribution in [-0.2, 0) is 19.3 Å². The number of phenolic OH excluding ortho intramolecular Hbond substituents is 2. The van der Waals surface area contributed by atoms with Crippen molar-refractivity contribution in [3.63, 3.8) is 0 Å². The summed E-state index contributed by atoms with van der Waals surface area (Å²) < 4.78 is 0. The number of aromatic hydroxyl groups is 2. The second-order valence-electron chi connectivity index (χ2n) is 8.20. The van der Waals surface area contributed by atoms with Gasteiger partial charge in [-0.3, -0.25) is 0 Å². The molecule has 3 rings (SSSR count). The molecule has 29 heavy (non-hydrogen) atoms. The van der Waals surface area contributed by atoms with Gasteiger partial charge in [-0.05, 0) is 88.3 Å². The molecule has 0 aromatic heterocycles. The van der Waals surface area contributed by atoms with Crippen molar-refractivity contribution in [1.29, 1.82) is 0 Å². The molecule has 0 unspecified atom stereocenters. The Kier molecular flexibility index (Phi) is 8.38. The van der Waals surface area contributed by atoms with E-state index < -0.39 is 0 Å². The van der Waals surface area contributed by atoms with E-state index in [-0.39, 0.29) is 11.5 Å². The Balaban J connectivity index is 1.39. The quantitative estimate of drug-likeness (QED) is 0.392. The van der Waals surface area contributed by atoms with Crippen LogP contribution in [0.15, 0.2) is 42.5 Å². The van der Waals surface area contributed by atoms with E-state index in [1.165, 1.54) is 30.4 Å². The van der Waals surface area contributed by atoms with Crippen LogP contribution in [0.4, 0.5) is 0 Å². The number of fused-ring (bicyclic) bond motifs is 1. The minimum atomic E-state index is 0.00683. The second-order valence-corrected chi connectivity index (χ2v) is 8.20. The summed E-state index contributed by atoms with van der Waals surface area (Å²) in [5.74, 6) is 0.0944. The lowest BCUT2D eigenvalue weighted by Gasteiger charge is -2.35. The molecule has 1 aliphatic rings. The Hall–Kier alpha value is -2.04. The molecule has 4 heteroatoms. The minimum absolute atomic E-state index is 0.00683. The first kappa shape index (κ1) is 21.7. The molecular formula is C25H36N2O2. The highest BCUT2D eigenvalue weighted by atomic mass is 16.3. The first-order valence-corrected chi connectivity index (χ1v) is 11.2. The summed E-state index contributed by atoms with van der Waals surface area (Å²) in [7, 11) is 0. The lowest BCUT2D eigenvalue weighted by molar-refractivity contribution is 0.175. The van der Waals surface area contributed by atoms with Crippen LogP contribution in [0.25, 0.3) is 0 Å². The van der Waals surface area contributed by atoms with Crippen LogP contribution in [0.1, 0.15) is 49.3 Å². The van der Waals surface area contributed by atoms with E-state index in [9.17, 15) is 10.2 Å². The Bertz CT molecular complexity index is 748. The highest BCUT2D eigenvalue weighted by Gasteiger charge is 2.26. The van der Waals surface area contributed by atoms with Crippen molar-refractivity contribution in [2.75, 3.05) is 26.2 Å². The molecule has 0 bridgehead atoms. The smallest absolute Gasteiger partial charge is 0.160 e. The summed E-state index contributed by atoms with van der Waals surface area (Å²) in [4.78, 5) is 2.64. The molecule has 1 aliphatic carbocycles. The third kappa shape index (κ3) is 6.22. The molecule has 4 nitrogen and oxygen atoms in total. The van der Waals surface area contributed by atoms with E-state index in [1.807, 2.05) is 6.07 Å². The van der Waals surface area contributed by atoms with E-state index in [0.717, 1.165) is 57.4 Å². The van der Waals surface area contributed by atoms with Gasteiger partial charge in [0.2, 0.25) is 0 Å². The van der Waals surface area contributed by atoms with Crippen molar-refractivity contribution in [2.45, 2.75) is 57.9 Å². The van der Waals surface area contributed by atoms with E-state index >= 15 is 0 Å². The number of hydrogen-bond donors (Lipinski definition) is 3. The number of phenols is 2. The maximum absolute atomic E-state index is 10.1. The van der Waals surface area contributed by atoms with Gasteiger partial charge in [-0.1, -0.05) is 43.3 Å². The van der Waals surface area contributed by atoms with Gasteiger partial charge < -0.3 is 20.4 Å². The Labute approximate surface area is 175 Å². The standard InChI is InChI=1S/C25H36N2O2/c1-2-17-27(18-7-6-15-26-16-14-20-8-4-3-5-9-20)22-11-12-23-21(19-22)10-13-24(28)25(23)29/h3-5,8-10,13,22,26,28-29H,2,6-7,11-12,14-19H2,1H3/t22-/m0/s1. The summed E-state index contributed by atoms with van der Waals surface area (Å²) in [6, 6.07) is 14.8. The highest BCUT2D eigenvalue weighted by Crippen LogP contribution is 2.36. The zero-order chi connectivity index (χ0) is 20.5. The van der Waals surface area contributed by atoms with Gasteiger partial charge >= 0.3 is 0 Å². The Morgan fingerprint density at radius 2 is 1.83 bits per heavy atom. The minimum Gasteiger partial charge on any atom is -0.504 e. The molecular weight excluding hydrogens is 360 g/mol. The molecule has 0 saturated carbocycles. The summed E-state index contributed by atoms with van der Waals surface area (Å²) in [5.41, 5.74) is 3.53. The number of nitrogens with one attached hydrogen (secondary N) is 1. The van der Waals surface area contributed by atoms with Crippen LogP contribution in [0, 0.1) is 0 Å². The van der Waals surface area contributed by atoms with Crippen LogP contribution >= 0.6 is 0 Å². The first-order chi connectivity index (χ1) is 14.2. The van der Waals surface area contributed by atoms with Crippen molar-refractivity contribution in [3.8, 4) is 11.5 Å². The van der Waals surface area contributed by atoms with Gasteiger partial charge in [0.25, 0.3) is 0 Å². The molecule has 0 fully saturated rings. The molecule has 0 radical (unpaired) electrons. The number of benzene rings is 2. The molecule has 2 aromatic rings. The summed E-state index contributed by atoms with van der Waals surface area (Å²) in [6.45, 7) is 6.63. The summed E-state index contributed by atoms with van der Waals surface area (Å²) in [5, 5.41) is 23.4. The van der Waals surface area contributed by atoms with Crippen LogP contribution in [0.2, 0.25) is 0 Å². The molecule has 0 saturated heterocycles. The largest absolute Gasteiger partial charge is 0.504 e. The van der Waals surface area contributed by atoms with Crippen LogP contribution in [0.3, 0.4) is 0 Å². The van der Waals surface area contributed by atoms with Crippen LogP contribution in [-0.4, -0.2) is 47.3 Å². The zero-order valence-corrected chi connectivity index (χ0v) is 17.7. The average molecular weight is 397 g/mol. The SMILES string of the molecule is CCCN(CCCCNCCc1ccccc1)[C@H]1CCc2c(ccc(O)c2O)C1. The summed E-state index contributed by atoms with van der Waals surface area (Å²) >= 11 is 0. The maximum atomic E-state index is 10.1. The lowest BCUT2D eigenvalue weighted by atomic mass is 9.86. The molecule has 3 N–H and O–H groups in total. The molecule has 0 amide bonds. The van der Waals surface area contributed by atoms with Crippen molar-refractivity contribution in [1.82, 2.24) is 10.2 Å². The van der Waals surface area contributed by atoms with Crippen LogP contribution < -0.4 is 5.32 Å². The third-order valence-electron chi connectivity index (χ3n) is 6.05. The third-order valence-corrected chi connectivity index (χ3v) is 6.05. The molecule has 1 atom stereocenters. The molecule has 158 valence electrons. The van der Waals surface area contributed by atoms with Crippen molar-refractivity contribution < 1.29 is 10.2 Å². The number of nitrogens with zero attached hydrogens (tertiary/aromatic N) is 1. The molecule has 0 heterocycles. The van der Waals surface area contributed by atoms with E-state index in [1.54, 1.807) is 6.07 Å². The number of rotatable bonds is 11. The van der Waals surface area contributed by atoms with E-state index in [4.69, 9.17) is 0 Å². The van der Waals surface area contributed by atoms with Gasteiger partial charge in [-0.2, -0.15) is 0 Å². The lowest BCUT2D eigenvalue weighted by Crippen LogP contribution is -2.40. The fourth-order valence-electron chi connectivity index (χ4n) is 4.45. The zero-order valence-electron chi connectivity index (χ0n) is 17.7. The number of unbranched alkanes of at least 4 members (excludes halogenated alkanes) is 1. The Morgan fingerprint density at radius 1 is 1.00 bits per heavy atom. The molecule has 2 aromatic carbocycles. The first-order valence-electron chi connectivity index (χ1n) is 11.2. The van der Waals surface area contributed by atoms with E-state index in [0.29, 0.717) is 6.04 Å². The van der Waals surface area contributed by atoms with Crippen molar-refractivity contribution in [3.05, 3.63) is 59.2 Å². The normalized spacial score (nSPS) is 16.1. The topological polar surface area (TPSA) is 55.7 Å². The molecule has 0 spiro atoms. The second kappa shape index (κ2) is 11.2. The summed E-state index contributed by atoms with van der Waals surface area (Å²) in [6.07, 6.45) is 7.54. The fourth-order valence-corrected chi connectivity index (χ4v) is 4.45. The molecule has 0 aliphatic heterocycles.